The molecule has 0 aliphatic rings. The van der Waals surface area contributed by atoms with Crippen LogP contribution in [0.4, 0.5) is 4.39 Å². The van der Waals surface area contributed by atoms with Crippen LogP contribution in [0.2, 0.25) is 0 Å². The molecule has 0 saturated carbocycles. The second kappa shape index (κ2) is 6.11. The first-order valence-corrected chi connectivity index (χ1v) is 6.61. The minimum Gasteiger partial charge on any atom is -0.348 e. The number of rotatable bonds is 5. The van der Waals surface area contributed by atoms with Gasteiger partial charge >= 0.3 is 0 Å². The lowest BCUT2D eigenvalue weighted by Gasteiger charge is -2.15. The third-order valence-electron chi connectivity index (χ3n) is 2.82. The Labute approximate surface area is 114 Å². The molecule has 0 aliphatic carbocycles. The zero-order valence-corrected chi connectivity index (χ0v) is 11.7. The maximum atomic E-state index is 13.6. The molecule has 5 heteroatoms. The highest BCUT2D eigenvalue weighted by Gasteiger charge is 2.10. The van der Waals surface area contributed by atoms with Crippen molar-refractivity contribution in [3.8, 4) is 0 Å². The van der Waals surface area contributed by atoms with Crippen molar-refractivity contribution in [2.75, 3.05) is 6.54 Å². The molecule has 0 saturated heterocycles. The molecule has 0 spiro atoms. The average molecular weight is 312 g/mol. The molecule has 96 valence electrons. The van der Waals surface area contributed by atoms with Crippen LogP contribution in [0, 0.1) is 5.82 Å². The lowest BCUT2D eigenvalue weighted by Crippen LogP contribution is -2.22. The number of nitrogens with zero attached hydrogens (tertiary/aromatic N) is 1. The summed E-state index contributed by atoms with van der Waals surface area (Å²) in [5, 5.41) is 3.30. The topological polar surface area (TPSA) is 40.7 Å². The fourth-order valence-corrected chi connectivity index (χ4v) is 2.18. The monoisotopic (exact) mass is 311 g/mol. The van der Waals surface area contributed by atoms with Crippen molar-refractivity contribution in [2.45, 2.75) is 19.4 Å². The minimum absolute atomic E-state index is 0.0228. The summed E-state index contributed by atoms with van der Waals surface area (Å²) in [5.41, 5.74) is 1.75. The largest absolute Gasteiger partial charge is 0.348 e. The molecule has 0 amide bonds. The third-order valence-corrected chi connectivity index (χ3v) is 3.32. The van der Waals surface area contributed by atoms with E-state index in [4.69, 9.17) is 0 Å². The first-order valence-electron chi connectivity index (χ1n) is 5.82. The van der Waals surface area contributed by atoms with Gasteiger partial charge in [-0.15, -0.1) is 0 Å². The highest BCUT2D eigenvalue weighted by atomic mass is 79.9. The van der Waals surface area contributed by atoms with Crippen LogP contribution in [0.25, 0.3) is 0 Å². The van der Waals surface area contributed by atoms with Crippen molar-refractivity contribution in [3.63, 3.8) is 0 Å². The fourth-order valence-electron chi connectivity index (χ4n) is 1.80. The molecule has 0 fully saturated rings. The van der Waals surface area contributed by atoms with Gasteiger partial charge in [0.15, 0.2) is 0 Å². The Balaban J connectivity index is 1.91. The zero-order valence-electron chi connectivity index (χ0n) is 10.1. The van der Waals surface area contributed by atoms with Crippen LogP contribution in [-0.4, -0.2) is 16.5 Å². The van der Waals surface area contributed by atoms with Crippen LogP contribution in [0.15, 0.2) is 35.2 Å². The van der Waals surface area contributed by atoms with Crippen molar-refractivity contribution in [1.29, 1.82) is 0 Å². The number of H-pyrrole nitrogens is 1. The van der Waals surface area contributed by atoms with Crippen LogP contribution >= 0.6 is 15.9 Å². The maximum Gasteiger partial charge on any atom is 0.128 e. The molecule has 2 rings (SSSR count). The highest BCUT2D eigenvalue weighted by molar-refractivity contribution is 9.10. The van der Waals surface area contributed by atoms with Gasteiger partial charge in [-0.1, -0.05) is 15.9 Å². The Hall–Kier alpha value is -1.20. The van der Waals surface area contributed by atoms with E-state index in [1.54, 1.807) is 18.6 Å². The molecule has 0 bridgehead atoms. The van der Waals surface area contributed by atoms with Gasteiger partial charge in [0, 0.05) is 40.9 Å². The highest BCUT2D eigenvalue weighted by Crippen LogP contribution is 2.21. The fraction of sp³-hybridized carbons (Fsp3) is 0.308. The van der Waals surface area contributed by atoms with Crippen LogP contribution < -0.4 is 5.32 Å². The Morgan fingerprint density at radius 2 is 2.33 bits per heavy atom. The molecule has 18 heavy (non-hydrogen) atoms. The summed E-state index contributed by atoms with van der Waals surface area (Å²) < 4.78 is 14.5. The van der Waals surface area contributed by atoms with E-state index >= 15 is 0 Å². The maximum absolute atomic E-state index is 13.6. The number of aromatic amines is 1. The standard InChI is InChI=1S/C13H15BrFN3/c1-9(12-6-10(14)2-3-13(12)15)17-5-4-11-7-16-8-18-11/h2-3,6-9,17H,4-5H2,1H3,(H,16,18). The number of nitrogens with one attached hydrogen (secondary N) is 2. The molecule has 0 radical (unpaired) electrons. The first kappa shape index (κ1) is 13.2. The number of benzene rings is 1. The molecule has 1 unspecified atom stereocenters. The third kappa shape index (κ3) is 3.40. The van der Waals surface area contributed by atoms with Gasteiger partial charge in [-0.05, 0) is 25.1 Å². The van der Waals surface area contributed by atoms with Crippen LogP contribution in [0.3, 0.4) is 0 Å². The Bertz CT molecular complexity index is 499. The summed E-state index contributed by atoms with van der Waals surface area (Å²) in [5.74, 6) is -0.181. The summed E-state index contributed by atoms with van der Waals surface area (Å²) in [7, 11) is 0. The van der Waals surface area contributed by atoms with Crippen molar-refractivity contribution < 1.29 is 4.39 Å². The lowest BCUT2D eigenvalue weighted by molar-refractivity contribution is 0.529. The average Bonchev–Trinajstić information content (AvgIpc) is 2.85. The Morgan fingerprint density at radius 1 is 1.50 bits per heavy atom. The van der Waals surface area contributed by atoms with E-state index in [1.807, 2.05) is 13.0 Å². The van der Waals surface area contributed by atoms with Crippen molar-refractivity contribution in [1.82, 2.24) is 15.3 Å². The number of aromatic nitrogens is 2. The predicted molar refractivity (Wildman–Crippen MR) is 72.8 cm³/mol. The van der Waals surface area contributed by atoms with E-state index < -0.39 is 0 Å². The van der Waals surface area contributed by atoms with Gasteiger partial charge in [0.25, 0.3) is 0 Å². The van der Waals surface area contributed by atoms with Gasteiger partial charge < -0.3 is 10.3 Å². The number of hydrogen-bond acceptors (Lipinski definition) is 2. The summed E-state index contributed by atoms with van der Waals surface area (Å²) >= 11 is 3.36. The smallest absolute Gasteiger partial charge is 0.128 e. The van der Waals surface area contributed by atoms with Gasteiger partial charge in [-0.3, -0.25) is 0 Å². The number of imidazole rings is 1. The van der Waals surface area contributed by atoms with E-state index in [9.17, 15) is 4.39 Å². The molecule has 2 aromatic rings. The Kier molecular flexibility index (Phi) is 4.49. The van der Waals surface area contributed by atoms with Crippen LogP contribution in [-0.2, 0) is 6.42 Å². The van der Waals surface area contributed by atoms with Crippen LogP contribution in [0.1, 0.15) is 24.2 Å². The van der Waals surface area contributed by atoms with E-state index in [-0.39, 0.29) is 11.9 Å². The quantitative estimate of drug-likeness (QED) is 0.890. The predicted octanol–water partition coefficient (Wildman–Crippen LogP) is 3.20. The molecule has 1 aromatic heterocycles. The van der Waals surface area contributed by atoms with E-state index in [1.165, 1.54) is 6.07 Å². The summed E-state index contributed by atoms with van der Waals surface area (Å²) in [6.45, 7) is 2.73. The molecule has 0 aliphatic heterocycles. The molecule has 2 N–H and O–H groups in total. The minimum atomic E-state index is -0.181. The van der Waals surface area contributed by atoms with Gasteiger partial charge in [-0.2, -0.15) is 0 Å². The summed E-state index contributed by atoms with van der Waals surface area (Å²) in [6.07, 6.45) is 4.30. The van der Waals surface area contributed by atoms with E-state index in [0.717, 1.165) is 23.1 Å². The summed E-state index contributed by atoms with van der Waals surface area (Å²) in [4.78, 5) is 6.99. The Morgan fingerprint density at radius 3 is 3.06 bits per heavy atom. The molecular weight excluding hydrogens is 297 g/mol. The molecule has 1 atom stereocenters. The van der Waals surface area contributed by atoms with Crippen molar-refractivity contribution in [2.24, 2.45) is 0 Å². The molecule has 3 nitrogen and oxygen atoms in total. The molecular formula is C13H15BrFN3. The second-order valence-electron chi connectivity index (χ2n) is 4.17. The van der Waals surface area contributed by atoms with Crippen molar-refractivity contribution >= 4 is 15.9 Å². The first-order chi connectivity index (χ1) is 8.66. The van der Waals surface area contributed by atoms with E-state index in [2.05, 4.69) is 31.2 Å². The summed E-state index contributed by atoms with van der Waals surface area (Å²) in [6, 6.07) is 4.97. The van der Waals surface area contributed by atoms with Gasteiger partial charge in [0.2, 0.25) is 0 Å². The molecule has 1 heterocycles. The zero-order chi connectivity index (χ0) is 13.0. The number of hydrogen-bond donors (Lipinski definition) is 2. The molecule has 1 aromatic carbocycles. The number of halogens is 2. The van der Waals surface area contributed by atoms with Crippen LogP contribution in [0.5, 0.6) is 0 Å². The van der Waals surface area contributed by atoms with Gasteiger partial charge in [-0.25, -0.2) is 9.37 Å². The lowest BCUT2D eigenvalue weighted by atomic mass is 10.1. The normalized spacial score (nSPS) is 12.6. The second-order valence-corrected chi connectivity index (χ2v) is 5.08. The van der Waals surface area contributed by atoms with Gasteiger partial charge in [0.1, 0.15) is 5.82 Å². The van der Waals surface area contributed by atoms with Gasteiger partial charge in [0.05, 0.1) is 6.33 Å². The SMILES string of the molecule is CC(NCCc1cnc[nH]1)c1cc(Br)ccc1F. The van der Waals surface area contributed by atoms with E-state index in [0.29, 0.717) is 5.56 Å². The van der Waals surface area contributed by atoms with Crippen molar-refractivity contribution in [3.05, 3.63) is 52.3 Å².